The predicted octanol–water partition coefficient (Wildman–Crippen LogP) is 3.96. The summed E-state index contributed by atoms with van der Waals surface area (Å²) in [5.74, 6) is 0.568. The second-order valence-corrected chi connectivity index (χ2v) is 6.92. The minimum Gasteiger partial charge on any atom is -0.473 e. The zero-order valence-electron chi connectivity index (χ0n) is 16.2. The smallest absolute Gasteiger partial charge is 0.249 e. The van der Waals surface area contributed by atoms with E-state index in [1.54, 1.807) is 10.7 Å². The summed E-state index contributed by atoms with van der Waals surface area (Å²) in [6, 6.07) is 19.4. The number of aromatic nitrogens is 4. The highest BCUT2D eigenvalue weighted by atomic mass is 16.5. The molecule has 146 valence electrons. The maximum absolute atomic E-state index is 11.9. The first-order valence-corrected chi connectivity index (χ1v) is 9.40. The Balaban J connectivity index is 1.54. The molecular weight excluding hydrogens is 366 g/mol. The molecule has 3 heterocycles. The maximum atomic E-state index is 11.9. The van der Waals surface area contributed by atoms with Gasteiger partial charge in [-0.2, -0.15) is 4.98 Å². The maximum Gasteiger partial charge on any atom is 0.249 e. The quantitative estimate of drug-likeness (QED) is 0.541. The molecule has 1 N–H and O–H groups in total. The Morgan fingerprint density at radius 1 is 1.07 bits per heavy atom. The Labute approximate surface area is 168 Å². The van der Waals surface area contributed by atoms with E-state index in [1.807, 2.05) is 74.5 Å². The third kappa shape index (κ3) is 4.24. The molecule has 7 nitrogen and oxygen atoms in total. The molecule has 0 aliphatic rings. The first-order chi connectivity index (χ1) is 14.1. The van der Waals surface area contributed by atoms with E-state index >= 15 is 0 Å². The monoisotopic (exact) mass is 387 g/mol. The van der Waals surface area contributed by atoms with Gasteiger partial charge in [-0.05, 0) is 23.8 Å². The van der Waals surface area contributed by atoms with Crippen LogP contribution in [0.1, 0.15) is 19.4 Å². The van der Waals surface area contributed by atoms with E-state index in [0.717, 1.165) is 16.8 Å². The molecular formula is C22H21N5O2. The Hall–Kier alpha value is -3.74. The molecule has 0 fully saturated rings. The summed E-state index contributed by atoms with van der Waals surface area (Å²) < 4.78 is 7.44. The van der Waals surface area contributed by atoms with Crippen molar-refractivity contribution in [2.45, 2.75) is 20.5 Å². The van der Waals surface area contributed by atoms with Gasteiger partial charge in [-0.1, -0.05) is 50.2 Å². The number of pyridine rings is 2. The van der Waals surface area contributed by atoms with Gasteiger partial charge in [-0.15, -0.1) is 5.10 Å². The van der Waals surface area contributed by atoms with Crippen LogP contribution in [0.25, 0.3) is 16.9 Å². The molecule has 0 atom stereocenters. The number of fused-ring (bicyclic) bond motifs is 1. The molecule has 0 unspecified atom stereocenters. The molecule has 0 bridgehead atoms. The predicted molar refractivity (Wildman–Crippen MR) is 110 cm³/mol. The largest absolute Gasteiger partial charge is 0.473 e. The van der Waals surface area contributed by atoms with Gasteiger partial charge in [0, 0.05) is 23.7 Å². The molecule has 1 aromatic carbocycles. The van der Waals surface area contributed by atoms with Crippen molar-refractivity contribution in [2.75, 3.05) is 5.32 Å². The Bertz CT molecular complexity index is 1120. The van der Waals surface area contributed by atoms with Crippen molar-refractivity contribution in [2.24, 2.45) is 5.92 Å². The van der Waals surface area contributed by atoms with Crippen LogP contribution in [0, 0.1) is 5.92 Å². The van der Waals surface area contributed by atoms with Crippen molar-refractivity contribution in [1.29, 1.82) is 0 Å². The SMILES string of the molecule is CC(C)C(=O)Nc1nc2cccc(-c3ccc(OCc4ccccc4)nc3)n2n1. The number of amides is 1. The highest BCUT2D eigenvalue weighted by Gasteiger charge is 2.13. The average molecular weight is 387 g/mol. The summed E-state index contributed by atoms with van der Waals surface area (Å²) >= 11 is 0. The normalized spacial score (nSPS) is 11.0. The fraction of sp³-hybridized carbons (Fsp3) is 0.182. The average Bonchev–Trinajstić information content (AvgIpc) is 3.16. The Morgan fingerprint density at radius 3 is 2.62 bits per heavy atom. The van der Waals surface area contributed by atoms with Gasteiger partial charge in [0.2, 0.25) is 17.7 Å². The van der Waals surface area contributed by atoms with E-state index < -0.39 is 0 Å². The van der Waals surface area contributed by atoms with Crippen molar-refractivity contribution >= 4 is 17.5 Å². The van der Waals surface area contributed by atoms with Crippen LogP contribution in [0.5, 0.6) is 5.88 Å². The first-order valence-electron chi connectivity index (χ1n) is 9.40. The van der Waals surface area contributed by atoms with Crippen LogP contribution in [0.15, 0.2) is 66.9 Å². The zero-order valence-corrected chi connectivity index (χ0v) is 16.2. The van der Waals surface area contributed by atoms with Gasteiger partial charge in [-0.3, -0.25) is 10.1 Å². The number of benzene rings is 1. The number of nitrogens with one attached hydrogen (secondary N) is 1. The molecule has 0 spiro atoms. The number of rotatable bonds is 6. The van der Waals surface area contributed by atoms with Crippen LogP contribution < -0.4 is 10.1 Å². The molecule has 0 radical (unpaired) electrons. The van der Waals surface area contributed by atoms with Gasteiger partial charge in [-0.25, -0.2) is 9.50 Å². The Morgan fingerprint density at radius 2 is 1.90 bits per heavy atom. The van der Waals surface area contributed by atoms with Crippen LogP contribution in [0.4, 0.5) is 5.95 Å². The van der Waals surface area contributed by atoms with E-state index in [4.69, 9.17) is 4.74 Å². The molecule has 29 heavy (non-hydrogen) atoms. The molecule has 0 aliphatic carbocycles. The van der Waals surface area contributed by atoms with Gasteiger partial charge in [0.05, 0.1) is 5.69 Å². The fourth-order valence-electron chi connectivity index (χ4n) is 2.78. The number of hydrogen-bond acceptors (Lipinski definition) is 5. The summed E-state index contributed by atoms with van der Waals surface area (Å²) in [5, 5.41) is 7.16. The van der Waals surface area contributed by atoms with E-state index in [1.165, 1.54) is 0 Å². The van der Waals surface area contributed by atoms with E-state index in [9.17, 15) is 4.79 Å². The second-order valence-electron chi connectivity index (χ2n) is 6.92. The first kappa shape index (κ1) is 18.6. The van der Waals surface area contributed by atoms with Gasteiger partial charge in [0.15, 0.2) is 5.65 Å². The lowest BCUT2D eigenvalue weighted by atomic mass is 10.2. The van der Waals surface area contributed by atoms with Crippen LogP contribution in [-0.2, 0) is 11.4 Å². The number of ether oxygens (including phenoxy) is 1. The number of carbonyl (C=O) groups excluding carboxylic acids is 1. The molecule has 4 rings (SSSR count). The van der Waals surface area contributed by atoms with Crippen LogP contribution in [0.2, 0.25) is 0 Å². The molecule has 1 amide bonds. The van der Waals surface area contributed by atoms with Crippen molar-refractivity contribution in [3.8, 4) is 17.1 Å². The molecule has 4 aromatic rings. The van der Waals surface area contributed by atoms with E-state index in [2.05, 4.69) is 20.4 Å². The molecule has 0 aliphatic heterocycles. The highest BCUT2D eigenvalue weighted by Crippen LogP contribution is 2.22. The number of nitrogens with zero attached hydrogens (tertiary/aromatic N) is 4. The summed E-state index contributed by atoms with van der Waals surface area (Å²) in [5.41, 5.74) is 3.42. The molecule has 3 aromatic heterocycles. The second kappa shape index (κ2) is 8.10. The minimum atomic E-state index is -0.145. The summed E-state index contributed by atoms with van der Waals surface area (Å²) in [6.45, 7) is 4.11. The lowest BCUT2D eigenvalue weighted by Crippen LogP contribution is -2.18. The van der Waals surface area contributed by atoms with Crippen LogP contribution in [0.3, 0.4) is 0 Å². The fourth-order valence-corrected chi connectivity index (χ4v) is 2.78. The van der Waals surface area contributed by atoms with Crippen LogP contribution in [-0.4, -0.2) is 25.5 Å². The third-order valence-corrected chi connectivity index (χ3v) is 4.38. The minimum absolute atomic E-state index is 0.121. The standard InChI is InChI=1S/C22H21N5O2/c1-15(2)21(28)25-22-24-19-10-6-9-18(27(19)26-22)17-11-12-20(23-13-17)29-14-16-7-4-3-5-8-16/h3-13,15H,14H2,1-2H3,(H,25,26,28). The third-order valence-electron chi connectivity index (χ3n) is 4.38. The van der Waals surface area contributed by atoms with Crippen molar-refractivity contribution in [1.82, 2.24) is 19.6 Å². The number of carbonyl (C=O) groups is 1. The number of anilines is 1. The van der Waals surface area contributed by atoms with Crippen LogP contribution >= 0.6 is 0 Å². The highest BCUT2D eigenvalue weighted by molar-refractivity contribution is 5.90. The topological polar surface area (TPSA) is 81.4 Å². The van der Waals surface area contributed by atoms with E-state index in [-0.39, 0.29) is 17.8 Å². The van der Waals surface area contributed by atoms with Crippen molar-refractivity contribution in [3.63, 3.8) is 0 Å². The van der Waals surface area contributed by atoms with Gasteiger partial charge >= 0.3 is 0 Å². The Kier molecular flexibility index (Phi) is 5.20. The lowest BCUT2D eigenvalue weighted by Gasteiger charge is -2.07. The molecule has 0 saturated heterocycles. The summed E-state index contributed by atoms with van der Waals surface area (Å²) in [7, 11) is 0. The van der Waals surface area contributed by atoms with E-state index in [0.29, 0.717) is 18.1 Å². The lowest BCUT2D eigenvalue weighted by molar-refractivity contribution is -0.118. The number of hydrogen-bond donors (Lipinski definition) is 1. The van der Waals surface area contributed by atoms with Gasteiger partial charge < -0.3 is 4.74 Å². The van der Waals surface area contributed by atoms with Crippen molar-refractivity contribution in [3.05, 3.63) is 72.4 Å². The molecule has 0 saturated carbocycles. The summed E-state index contributed by atoms with van der Waals surface area (Å²) in [4.78, 5) is 20.7. The molecule has 7 heteroatoms. The van der Waals surface area contributed by atoms with Gasteiger partial charge in [0.25, 0.3) is 0 Å². The van der Waals surface area contributed by atoms with Crippen molar-refractivity contribution < 1.29 is 9.53 Å². The summed E-state index contributed by atoms with van der Waals surface area (Å²) in [6.07, 6.45) is 1.74. The van der Waals surface area contributed by atoms with Gasteiger partial charge in [0.1, 0.15) is 6.61 Å². The zero-order chi connectivity index (χ0) is 20.2.